The summed E-state index contributed by atoms with van der Waals surface area (Å²) >= 11 is 0. The third kappa shape index (κ3) is 1.04. The molecule has 1 aliphatic carbocycles. The minimum Gasteiger partial charge on any atom is -0.272 e. The summed E-state index contributed by atoms with van der Waals surface area (Å²) in [6.07, 6.45) is 4.21. The van der Waals surface area contributed by atoms with E-state index in [1.807, 2.05) is 0 Å². The van der Waals surface area contributed by atoms with Gasteiger partial charge >= 0.3 is 0 Å². The molecule has 0 saturated heterocycles. The van der Waals surface area contributed by atoms with Crippen LogP contribution >= 0.6 is 0 Å². The van der Waals surface area contributed by atoms with E-state index >= 15 is 0 Å². The number of hydrazone groups is 1. The summed E-state index contributed by atoms with van der Waals surface area (Å²) in [6.45, 7) is 2.86. The van der Waals surface area contributed by atoms with Gasteiger partial charge in [-0.15, -0.1) is 0 Å². The van der Waals surface area contributed by atoms with Gasteiger partial charge in [-0.2, -0.15) is 5.10 Å². The summed E-state index contributed by atoms with van der Waals surface area (Å²) < 4.78 is 0. The van der Waals surface area contributed by atoms with Crippen molar-refractivity contribution in [3.05, 3.63) is 0 Å². The van der Waals surface area contributed by atoms with Crippen molar-refractivity contribution in [2.24, 2.45) is 11.0 Å². The molecule has 0 bridgehead atoms. The quantitative estimate of drug-likeness (QED) is 0.610. The van der Waals surface area contributed by atoms with E-state index in [4.69, 9.17) is 0 Å². The molecule has 3 nitrogen and oxygen atoms in total. The molecule has 66 valence electrons. The number of carbonyl (C=O) groups is 1. The van der Waals surface area contributed by atoms with Crippen molar-refractivity contribution in [1.29, 1.82) is 0 Å². The summed E-state index contributed by atoms with van der Waals surface area (Å²) in [7, 11) is 0. The molecule has 12 heavy (non-hydrogen) atoms. The zero-order valence-corrected chi connectivity index (χ0v) is 7.42. The average molecular weight is 166 g/mol. The molecule has 1 amide bonds. The molecule has 2 aliphatic rings. The predicted molar refractivity (Wildman–Crippen MR) is 46.8 cm³/mol. The zero-order chi connectivity index (χ0) is 8.55. The molecule has 1 aliphatic heterocycles. The zero-order valence-electron chi connectivity index (χ0n) is 7.42. The SMILES string of the molecule is CCCN1N=C2CCCC2C1=O. The number of nitrogens with zero attached hydrogens (tertiary/aromatic N) is 2. The molecule has 1 atom stereocenters. The van der Waals surface area contributed by atoms with Crippen LogP contribution in [0.25, 0.3) is 0 Å². The Balaban J connectivity index is 2.11. The molecule has 1 heterocycles. The van der Waals surface area contributed by atoms with E-state index in [2.05, 4.69) is 12.0 Å². The van der Waals surface area contributed by atoms with Gasteiger partial charge in [-0.05, 0) is 25.7 Å². The Morgan fingerprint density at radius 3 is 3.17 bits per heavy atom. The van der Waals surface area contributed by atoms with Crippen LogP contribution in [0, 0.1) is 5.92 Å². The summed E-state index contributed by atoms with van der Waals surface area (Å²) in [6, 6.07) is 0. The maximum absolute atomic E-state index is 11.6. The second kappa shape index (κ2) is 2.88. The first-order valence-electron chi connectivity index (χ1n) is 4.71. The van der Waals surface area contributed by atoms with Gasteiger partial charge in [0.05, 0.1) is 11.6 Å². The van der Waals surface area contributed by atoms with Gasteiger partial charge in [0.2, 0.25) is 0 Å². The molecule has 0 aromatic heterocycles. The Labute approximate surface area is 72.4 Å². The van der Waals surface area contributed by atoms with Crippen LogP contribution < -0.4 is 0 Å². The molecule has 2 rings (SSSR count). The van der Waals surface area contributed by atoms with Gasteiger partial charge in [0, 0.05) is 6.54 Å². The average Bonchev–Trinajstić information content (AvgIpc) is 2.58. The van der Waals surface area contributed by atoms with E-state index in [-0.39, 0.29) is 11.8 Å². The van der Waals surface area contributed by atoms with Crippen molar-refractivity contribution in [1.82, 2.24) is 5.01 Å². The Morgan fingerprint density at radius 2 is 2.50 bits per heavy atom. The van der Waals surface area contributed by atoms with Gasteiger partial charge in [0.25, 0.3) is 5.91 Å². The van der Waals surface area contributed by atoms with Crippen molar-refractivity contribution in [2.45, 2.75) is 32.6 Å². The fourth-order valence-corrected chi connectivity index (χ4v) is 1.97. The second-order valence-electron chi connectivity index (χ2n) is 3.50. The molecular weight excluding hydrogens is 152 g/mol. The molecule has 0 N–H and O–H groups in total. The molecule has 1 unspecified atom stereocenters. The van der Waals surface area contributed by atoms with E-state index in [0.717, 1.165) is 37.9 Å². The molecule has 0 aromatic rings. The topological polar surface area (TPSA) is 32.7 Å². The Morgan fingerprint density at radius 1 is 1.67 bits per heavy atom. The smallest absolute Gasteiger partial charge is 0.251 e. The summed E-state index contributed by atoms with van der Waals surface area (Å²) in [5.74, 6) is 0.404. The van der Waals surface area contributed by atoms with Crippen molar-refractivity contribution in [3.8, 4) is 0 Å². The van der Waals surface area contributed by atoms with Crippen LogP contribution in [0.4, 0.5) is 0 Å². The fourth-order valence-electron chi connectivity index (χ4n) is 1.97. The maximum atomic E-state index is 11.6. The van der Waals surface area contributed by atoms with Crippen LogP contribution in [0.2, 0.25) is 0 Å². The summed E-state index contributed by atoms with van der Waals surface area (Å²) in [5.41, 5.74) is 1.13. The lowest BCUT2D eigenvalue weighted by atomic mass is 10.1. The lowest BCUT2D eigenvalue weighted by Crippen LogP contribution is -2.26. The standard InChI is InChI=1S/C9H14N2O/c1-2-6-11-9(12)7-4-3-5-8(7)10-11/h7H,2-6H2,1H3. The van der Waals surface area contributed by atoms with Crippen molar-refractivity contribution >= 4 is 11.6 Å². The molecule has 0 radical (unpaired) electrons. The highest BCUT2D eigenvalue weighted by molar-refractivity contribution is 6.09. The van der Waals surface area contributed by atoms with Crippen LogP contribution in [0.5, 0.6) is 0 Å². The molecule has 0 spiro atoms. The van der Waals surface area contributed by atoms with Gasteiger partial charge in [-0.1, -0.05) is 6.92 Å². The Hall–Kier alpha value is -0.860. The molecule has 1 fully saturated rings. The largest absolute Gasteiger partial charge is 0.272 e. The van der Waals surface area contributed by atoms with Crippen LogP contribution in [0.1, 0.15) is 32.6 Å². The van der Waals surface area contributed by atoms with Gasteiger partial charge in [0.15, 0.2) is 0 Å². The molecule has 3 heteroatoms. The monoisotopic (exact) mass is 166 g/mol. The van der Waals surface area contributed by atoms with E-state index < -0.39 is 0 Å². The lowest BCUT2D eigenvalue weighted by Gasteiger charge is -2.11. The summed E-state index contributed by atoms with van der Waals surface area (Å²) in [5, 5.41) is 5.97. The number of fused-ring (bicyclic) bond motifs is 1. The van der Waals surface area contributed by atoms with Crippen LogP contribution in [-0.4, -0.2) is 23.2 Å². The van der Waals surface area contributed by atoms with Crippen LogP contribution in [-0.2, 0) is 4.79 Å². The lowest BCUT2D eigenvalue weighted by molar-refractivity contribution is -0.131. The summed E-state index contributed by atoms with van der Waals surface area (Å²) in [4.78, 5) is 11.6. The first-order valence-corrected chi connectivity index (χ1v) is 4.71. The maximum Gasteiger partial charge on any atom is 0.251 e. The Kier molecular flexibility index (Phi) is 1.87. The van der Waals surface area contributed by atoms with E-state index in [0.29, 0.717) is 0 Å². The van der Waals surface area contributed by atoms with Gasteiger partial charge in [0.1, 0.15) is 0 Å². The van der Waals surface area contributed by atoms with Crippen molar-refractivity contribution in [2.75, 3.05) is 6.54 Å². The minimum absolute atomic E-state index is 0.163. The third-order valence-corrected chi connectivity index (χ3v) is 2.57. The van der Waals surface area contributed by atoms with E-state index in [1.54, 1.807) is 5.01 Å². The van der Waals surface area contributed by atoms with E-state index in [1.165, 1.54) is 0 Å². The highest BCUT2D eigenvalue weighted by Gasteiger charge is 2.37. The molecule has 0 aromatic carbocycles. The first kappa shape index (κ1) is 7.77. The molecule has 1 saturated carbocycles. The number of carbonyl (C=O) groups excluding carboxylic acids is 1. The minimum atomic E-state index is 0.163. The van der Waals surface area contributed by atoms with Gasteiger partial charge in [-0.3, -0.25) is 4.79 Å². The second-order valence-corrected chi connectivity index (χ2v) is 3.50. The van der Waals surface area contributed by atoms with Crippen molar-refractivity contribution in [3.63, 3.8) is 0 Å². The van der Waals surface area contributed by atoms with Crippen LogP contribution in [0.15, 0.2) is 5.10 Å². The normalized spacial score (nSPS) is 27.8. The van der Waals surface area contributed by atoms with Crippen LogP contribution in [0.3, 0.4) is 0 Å². The van der Waals surface area contributed by atoms with Gasteiger partial charge < -0.3 is 0 Å². The van der Waals surface area contributed by atoms with Crippen molar-refractivity contribution < 1.29 is 4.79 Å². The number of rotatable bonds is 2. The molecular formula is C9H14N2O. The number of amides is 1. The Bertz CT molecular complexity index is 235. The first-order chi connectivity index (χ1) is 5.83. The highest BCUT2D eigenvalue weighted by Crippen LogP contribution is 2.29. The highest BCUT2D eigenvalue weighted by atomic mass is 16.2. The fraction of sp³-hybridized carbons (Fsp3) is 0.778. The third-order valence-electron chi connectivity index (χ3n) is 2.57. The number of hydrogen-bond acceptors (Lipinski definition) is 2. The predicted octanol–water partition coefficient (Wildman–Crippen LogP) is 1.39. The van der Waals surface area contributed by atoms with E-state index in [9.17, 15) is 4.79 Å². The number of hydrogen-bond donors (Lipinski definition) is 0. The van der Waals surface area contributed by atoms with Gasteiger partial charge in [-0.25, -0.2) is 5.01 Å².